The topological polar surface area (TPSA) is 93.2 Å². The van der Waals surface area contributed by atoms with Crippen LogP contribution in [0.3, 0.4) is 0 Å². The van der Waals surface area contributed by atoms with Crippen molar-refractivity contribution in [1.82, 2.24) is 14.8 Å². The van der Waals surface area contributed by atoms with Gasteiger partial charge in [0.05, 0.1) is 40.8 Å². The van der Waals surface area contributed by atoms with Crippen LogP contribution in [0.15, 0.2) is 129 Å². The van der Waals surface area contributed by atoms with E-state index in [1.807, 2.05) is 72.9 Å². The number of hydrogen-bond donors (Lipinski definition) is 0. The van der Waals surface area contributed by atoms with E-state index in [4.69, 9.17) is 29.4 Å². The van der Waals surface area contributed by atoms with Gasteiger partial charge < -0.3 is 48.2 Å². The third kappa shape index (κ3) is 7.07. The number of fused-ring (bicyclic) bond motifs is 5. The molecule has 238 valence electrons. The van der Waals surface area contributed by atoms with Crippen molar-refractivity contribution in [1.29, 1.82) is 0 Å². The van der Waals surface area contributed by atoms with Gasteiger partial charge in [-0.15, -0.1) is 11.4 Å². The molecule has 0 fully saturated rings. The molecule has 5 aliphatic heterocycles. The van der Waals surface area contributed by atoms with Crippen LogP contribution in [-0.2, 0) is 29.0 Å². The molecule has 0 radical (unpaired) electrons. The molecule has 0 N–H and O–H groups in total. The molecule has 7 rings (SSSR count). The molecule has 1 aromatic heterocycles. The number of carbonyl (C=O) groups excluding carboxylic acids is 1. The number of aliphatic imine (C=N–C) groups is 3. The maximum absolute atomic E-state index is 11.8. The molecule has 9 nitrogen and oxygen atoms in total. The Hall–Kier alpha value is -4.35. The Bertz CT molecular complexity index is 1940. The Balaban J connectivity index is 0.00000225. The third-order valence-electron chi connectivity index (χ3n) is 7.94. The summed E-state index contributed by atoms with van der Waals surface area (Å²) in [5.41, 5.74) is 9.32. The second kappa shape index (κ2) is 15.3. The monoisotopic (exact) mass is 800 g/mol. The van der Waals surface area contributed by atoms with E-state index in [1.54, 1.807) is 6.92 Å². The summed E-state index contributed by atoms with van der Waals surface area (Å²) in [6.07, 6.45) is 20.3. The maximum atomic E-state index is 11.8. The molecule has 11 heteroatoms. The number of allylic oxidation sites excluding steroid dienone is 9. The van der Waals surface area contributed by atoms with Crippen molar-refractivity contribution in [3.05, 3.63) is 131 Å². The first-order valence-corrected chi connectivity index (χ1v) is 15.5. The zero-order valence-electron chi connectivity index (χ0n) is 27.1. The first-order valence-electron chi connectivity index (χ1n) is 15.5. The van der Waals surface area contributed by atoms with Crippen LogP contribution in [-0.4, -0.2) is 59.2 Å². The molecule has 1 aromatic carbocycles. The van der Waals surface area contributed by atoms with E-state index in [-0.39, 0.29) is 50.1 Å². The molecule has 0 saturated heterocycles. The van der Waals surface area contributed by atoms with Crippen molar-refractivity contribution in [2.45, 2.75) is 20.8 Å². The van der Waals surface area contributed by atoms with Crippen LogP contribution in [0.4, 0.5) is 0 Å². The smallest absolute Gasteiger partial charge is 1.00 e. The predicted octanol–water partition coefficient (Wildman–Crippen LogP) is 3.07. The van der Waals surface area contributed by atoms with Gasteiger partial charge in [-0.2, -0.15) is 0 Å². The second-order valence-corrected chi connectivity index (χ2v) is 10.9. The van der Waals surface area contributed by atoms with Crippen LogP contribution in [0.5, 0.6) is 5.75 Å². The van der Waals surface area contributed by atoms with Crippen molar-refractivity contribution in [2.75, 3.05) is 26.3 Å². The summed E-state index contributed by atoms with van der Waals surface area (Å²) in [6.45, 7) is 7.88. The first kappa shape index (κ1) is 35.0. The zero-order chi connectivity index (χ0) is 31.6. The van der Waals surface area contributed by atoms with Gasteiger partial charge in [-0.3, -0.25) is 0 Å². The van der Waals surface area contributed by atoms with E-state index in [2.05, 4.69) is 48.2 Å². The van der Waals surface area contributed by atoms with Crippen molar-refractivity contribution >= 4 is 40.3 Å². The van der Waals surface area contributed by atoms with E-state index < -0.39 is 5.97 Å². The average Bonchev–Trinajstić information content (AvgIpc) is 3.91. The number of hydrogen-bond acceptors (Lipinski definition) is 8. The number of benzene rings is 1. The van der Waals surface area contributed by atoms with E-state index >= 15 is 0 Å². The molecule has 0 amide bonds. The van der Waals surface area contributed by atoms with Crippen LogP contribution in [0.1, 0.15) is 37.7 Å². The largest absolute Gasteiger partial charge is 2.00 e. The molecule has 0 spiro atoms. The molecule has 0 aliphatic carbocycles. The molecule has 0 unspecified atom stereocenters. The summed E-state index contributed by atoms with van der Waals surface area (Å²) in [6, 6.07) is 11.7. The molecule has 2 aromatic rings. The van der Waals surface area contributed by atoms with E-state index in [9.17, 15) is 4.79 Å². The van der Waals surface area contributed by atoms with Gasteiger partial charge in [-0.05, 0) is 81.0 Å². The molecule has 48 heavy (non-hydrogen) atoms. The predicted molar refractivity (Wildman–Crippen MR) is 182 cm³/mol. The van der Waals surface area contributed by atoms with Crippen LogP contribution in [0, 0.1) is 0 Å². The second-order valence-electron chi connectivity index (χ2n) is 10.9. The Labute approximate surface area is 310 Å². The number of halogens is 1. The fraction of sp³-hybridized carbons (Fsp3) is 0.189. The number of rotatable bonds is 7. The van der Waals surface area contributed by atoms with E-state index in [0.717, 1.165) is 81.2 Å². The SMILES string of the molecule is CCOC(=O)COc1ccc(C2=C3C=CC(=N3)C=C3C=CC(=N3)C(=C3N(CC)C=CN3CC)c3ccc([n-]3)C=C3C=CC2=N3)cc1.[I-].[Zn+2]. The van der Waals surface area contributed by atoms with Crippen LogP contribution < -0.4 is 33.7 Å². The van der Waals surface area contributed by atoms with Crippen LogP contribution in [0.2, 0.25) is 0 Å². The van der Waals surface area contributed by atoms with E-state index in [0.29, 0.717) is 12.4 Å². The standard InChI is InChI=1S/C37H33N6O3.HI.Zn/c1-4-42-19-20-43(5-2)37(42)36-32-17-11-27(40-32)21-25-9-15-30(38-25)35(24-7-13-29(14-8-24)46-23-34(44)45-6-3)31-16-10-26(39-31)22-28-12-18-33(36)41-28;;/h7-22H,4-6,23H2,1-3H3;1H;/q-1;;+2/p-1. The van der Waals surface area contributed by atoms with Gasteiger partial charge in [0.1, 0.15) is 11.6 Å². The fourth-order valence-electron chi connectivity index (χ4n) is 5.81. The van der Waals surface area contributed by atoms with E-state index in [1.165, 1.54) is 0 Å². The average molecular weight is 802 g/mol. The Morgan fingerprint density at radius 1 is 0.771 bits per heavy atom. The minimum atomic E-state index is -0.403. The molecule has 6 heterocycles. The van der Waals surface area contributed by atoms with Gasteiger partial charge in [-0.25, -0.2) is 19.8 Å². The summed E-state index contributed by atoms with van der Waals surface area (Å²) >= 11 is 0. The third-order valence-corrected chi connectivity index (χ3v) is 7.94. The van der Waals surface area contributed by atoms with Gasteiger partial charge >= 0.3 is 25.4 Å². The Morgan fingerprint density at radius 3 is 2.10 bits per heavy atom. The molecule has 0 atom stereocenters. The molecular formula is C37H33IN6O3Zn. The number of esters is 1. The fourth-order valence-corrected chi connectivity index (χ4v) is 5.81. The van der Waals surface area contributed by atoms with Crippen molar-refractivity contribution in [3.63, 3.8) is 0 Å². The summed E-state index contributed by atoms with van der Waals surface area (Å²) in [5, 5.41) is 0. The minimum absolute atomic E-state index is 0. The van der Waals surface area contributed by atoms with Gasteiger partial charge in [0.2, 0.25) is 0 Å². The summed E-state index contributed by atoms with van der Waals surface area (Å²) in [4.78, 5) is 36.3. The summed E-state index contributed by atoms with van der Waals surface area (Å²) in [5.74, 6) is 1.24. The Morgan fingerprint density at radius 2 is 1.44 bits per heavy atom. The number of ether oxygens (including phenoxy) is 2. The zero-order valence-corrected chi connectivity index (χ0v) is 32.2. The first-order chi connectivity index (χ1) is 22.5. The summed E-state index contributed by atoms with van der Waals surface area (Å²) < 4.78 is 10.6. The number of aromatic nitrogens is 1. The maximum Gasteiger partial charge on any atom is 2.00 e. The number of carbonyl (C=O) groups is 1. The minimum Gasteiger partial charge on any atom is -1.00 e. The number of nitrogens with zero attached hydrogens (tertiary/aromatic N) is 6. The van der Waals surface area contributed by atoms with Gasteiger partial charge in [-0.1, -0.05) is 30.3 Å². The van der Waals surface area contributed by atoms with Crippen molar-refractivity contribution in [2.24, 2.45) is 15.0 Å². The Kier molecular flexibility index (Phi) is 11.1. The van der Waals surface area contributed by atoms with Gasteiger partial charge in [0.25, 0.3) is 0 Å². The molecular weight excluding hydrogens is 769 g/mol. The van der Waals surface area contributed by atoms with Gasteiger partial charge in [0, 0.05) is 36.6 Å². The van der Waals surface area contributed by atoms with Crippen molar-refractivity contribution in [3.8, 4) is 5.75 Å². The van der Waals surface area contributed by atoms with Crippen LogP contribution in [0.25, 0.3) is 17.2 Å². The molecule has 5 aliphatic rings. The van der Waals surface area contributed by atoms with Crippen molar-refractivity contribution < 1.29 is 57.7 Å². The summed E-state index contributed by atoms with van der Waals surface area (Å²) in [7, 11) is 0. The normalized spacial score (nSPS) is 17.2. The quantitative estimate of drug-likeness (QED) is 0.243. The molecule has 8 bridgehead atoms. The molecule has 0 saturated carbocycles. The van der Waals surface area contributed by atoms with Gasteiger partial charge in [0.15, 0.2) is 6.61 Å². The van der Waals surface area contributed by atoms with Crippen LogP contribution >= 0.6 is 0 Å².